The first-order chi connectivity index (χ1) is 13.5. The van der Waals surface area contributed by atoms with E-state index in [1.54, 1.807) is 53.4 Å². The Morgan fingerprint density at radius 1 is 1.10 bits per heavy atom. The van der Waals surface area contributed by atoms with Crippen LogP contribution in [0.25, 0.3) is 0 Å². The fourth-order valence-corrected chi connectivity index (χ4v) is 3.35. The first-order valence-electron chi connectivity index (χ1n) is 9.16. The Labute approximate surface area is 175 Å². The number of halogens is 1. The molecule has 0 aliphatic carbocycles. The Hall–Kier alpha value is -3.06. The number of rotatable bonds is 4. The molecule has 0 radical (unpaired) electrons. The van der Waals surface area contributed by atoms with Crippen LogP contribution in [-0.4, -0.2) is 42.4 Å². The average Bonchev–Trinajstić information content (AvgIpc) is 2.73. The third-order valence-electron chi connectivity index (χ3n) is 4.81. The third-order valence-corrected chi connectivity index (χ3v) is 4.81. The number of carbonyl (C=O) groups excluding carboxylic acids is 3. The number of amides is 2. The Bertz CT molecular complexity index is 903. The zero-order chi connectivity index (χ0) is 20.1. The van der Waals surface area contributed by atoms with Crippen molar-refractivity contribution in [3.8, 4) is 0 Å². The number of likely N-dealkylation sites (tertiary alicyclic amines) is 1. The number of piperidine rings is 1. The molecule has 8 heteroatoms. The number of hydrogen-bond donors (Lipinski definition) is 2. The van der Waals surface area contributed by atoms with Crippen LogP contribution in [0.15, 0.2) is 48.5 Å². The highest BCUT2D eigenvalue weighted by atomic mass is 35.5. The number of nitrogen functional groups attached to an aromatic ring is 1. The molecule has 154 valence electrons. The van der Waals surface area contributed by atoms with Gasteiger partial charge in [0.25, 0.3) is 11.8 Å². The zero-order valence-electron chi connectivity index (χ0n) is 16.1. The van der Waals surface area contributed by atoms with Crippen molar-refractivity contribution in [3.63, 3.8) is 0 Å². The lowest BCUT2D eigenvalue weighted by Crippen LogP contribution is -2.48. The van der Waals surface area contributed by atoms with E-state index < -0.39 is 12.0 Å². The number of para-hydroxylation sites is 1. The first kappa shape index (κ1) is 22.2. The van der Waals surface area contributed by atoms with Crippen molar-refractivity contribution in [3.05, 3.63) is 59.7 Å². The van der Waals surface area contributed by atoms with Gasteiger partial charge in [-0.25, -0.2) is 4.79 Å². The van der Waals surface area contributed by atoms with E-state index in [0.717, 1.165) is 12.8 Å². The normalized spacial score (nSPS) is 15.8. The molecule has 1 aliphatic heterocycles. The summed E-state index contributed by atoms with van der Waals surface area (Å²) in [5, 5.41) is 2.76. The minimum absolute atomic E-state index is 0. The van der Waals surface area contributed by atoms with Gasteiger partial charge in [-0.15, -0.1) is 12.4 Å². The number of ether oxygens (including phenoxy) is 1. The molecule has 1 heterocycles. The number of hydrogen-bond acceptors (Lipinski definition) is 5. The monoisotopic (exact) mass is 417 g/mol. The van der Waals surface area contributed by atoms with Crippen molar-refractivity contribution in [2.24, 2.45) is 0 Å². The first-order valence-corrected chi connectivity index (χ1v) is 9.16. The topological polar surface area (TPSA) is 102 Å². The minimum Gasteiger partial charge on any atom is -0.467 e. The molecule has 1 atom stereocenters. The molecule has 0 aromatic heterocycles. The Morgan fingerprint density at radius 3 is 2.59 bits per heavy atom. The molecular formula is C21H24ClN3O4. The van der Waals surface area contributed by atoms with Gasteiger partial charge >= 0.3 is 5.97 Å². The number of nitrogens with zero attached hydrogens (tertiary/aromatic N) is 1. The van der Waals surface area contributed by atoms with Gasteiger partial charge in [0.15, 0.2) is 0 Å². The van der Waals surface area contributed by atoms with E-state index in [2.05, 4.69) is 5.32 Å². The van der Waals surface area contributed by atoms with Gasteiger partial charge in [-0.2, -0.15) is 0 Å². The summed E-state index contributed by atoms with van der Waals surface area (Å²) in [5.41, 5.74) is 7.46. The van der Waals surface area contributed by atoms with Crippen molar-refractivity contribution >= 4 is 41.6 Å². The van der Waals surface area contributed by atoms with E-state index >= 15 is 0 Å². The summed E-state index contributed by atoms with van der Waals surface area (Å²) in [6.45, 7) is 0.496. The Kier molecular flexibility index (Phi) is 7.61. The van der Waals surface area contributed by atoms with Gasteiger partial charge in [-0.05, 0) is 49.6 Å². The lowest BCUT2D eigenvalue weighted by molar-refractivity contribution is -0.147. The largest absolute Gasteiger partial charge is 0.467 e. The molecule has 2 amide bonds. The highest BCUT2D eigenvalue weighted by Gasteiger charge is 2.33. The SMILES string of the molecule is COC(=O)C1CCCCN1C(=O)c1cccc(NC(=O)c2ccccc2N)c1.Cl. The maximum Gasteiger partial charge on any atom is 0.328 e. The van der Waals surface area contributed by atoms with Crippen molar-refractivity contribution in [1.82, 2.24) is 4.90 Å². The van der Waals surface area contributed by atoms with Crippen molar-refractivity contribution < 1.29 is 19.1 Å². The summed E-state index contributed by atoms with van der Waals surface area (Å²) in [6, 6.07) is 12.8. The third kappa shape index (κ3) is 5.06. The van der Waals surface area contributed by atoms with Crippen LogP contribution in [0.2, 0.25) is 0 Å². The van der Waals surface area contributed by atoms with E-state index in [9.17, 15) is 14.4 Å². The smallest absolute Gasteiger partial charge is 0.328 e. The van der Waals surface area contributed by atoms with Crippen LogP contribution in [0.5, 0.6) is 0 Å². The molecule has 0 bridgehead atoms. The molecule has 1 aliphatic rings. The van der Waals surface area contributed by atoms with Crippen LogP contribution in [0.4, 0.5) is 11.4 Å². The number of esters is 1. The number of nitrogens with one attached hydrogen (secondary N) is 1. The van der Waals surface area contributed by atoms with Gasteiger partial charge in [0.2, 0.25) is 0 Å². The van der Waals surface area contributed by atoms with E-state index in [1.165, 1.54) is 7.11 Å². The molecule has 1 unspecified atom stereocenters. The highest BCUT2D eigenvalue weighted by Crippen LogP contribution is 2.22. The second kappa shape index (κ2) is 9.93. The maximum atomic E-state index is 13.0. The highest BCUT2D eigenvalue weighted by molar-refractivity contribution is 6.08. The number of anilines is 2. The maximum absolute atomic E-state index is 13.0. The molecule has 3 N–H and O–H groups in total. The number of nitrogens with two attached hydrogens (primary N) is 1. The molecule has 0 spiro atoms. The minimum atomic E-state index is -0.575. The fraction of sp³-hybridized carbons (Fsp3) is 0.286. The summed E-state index contributed by atoms with van der Waals surface area (Å²) in [4.78, 5) is 39.0. The molecule has 3 rings (SSSR count). The summed E-state index contributed by atoms with van der Waals surface area (Å²) in [5.74, 6) is -1.02. The number of carbonyl (C=O) groups is 3. The van der Waals surface area contributed by atoms with Gasteiger partial charge in [0.05, 0.1) is 12.7 Å². The zero-order valence-corrected chi connectivity index (χ0v) is 16.9. The summed E-state index contributed by atoms with van der Waals surface area (Å²) < 4.78 is 4.84. The second-order valence-corrected chi connectivity index (χ2v) is 6.66. The van der Waals surface area contributed by atoms with Gasteiger partial charge < -0.3 is 20.7 Å². The van der Waals surface area contributed by atoms with E-state index in [4.69, 9.17) is 10.5 Å². The van der Waals surface area contributed by atoms with Crippen LogP contribution in [0, 0.1) is 0 Å². The standard InChI is InChI=1S/C21H23N3O4.ClH/c1-28-21(27)18-11-4-5-12-24(18)20(26)14-7-6-8-15(13-14)23-19(25)16-9-2-3-10-17(16)22;/h2-3,6-10,13,18H,4-5,11-12,22H2,1H3,(H,23,25);1H. The van der Waals surface area contributed by atoms with E-state index in [1.807, 2.05) is 0 Å². The average molecular weight is 418 g/mol. The van der Waals surface area contributed by atoms with Crippen LogP contribution >= 0.6 is 12.4 Å². The molecule has 0 saturated carbocycles. The van der Waals surface area contributed by atoms with Gasteiger partial charge in [-0.1, -0.05) is 18.2 Å². The summed E-state index contributed by atoms with van der Waals surface area (Å²) in [6.07, 6.45) is 2.29. The van der Waals surface area contributed by atoms with Crippen LogP contribution in [0.1, 0.15) is 40.0 Å². The Morgan fingerprint density at radius 2 is 1.86 bits per heavy atom. The van der Waals surface area contributed by atoms with E-state index in [-0.39, 0.29) is 24.2 Å². The molecule has 29 heavy (non-hydrogen) atoms. The second-order valence-electron chi connectivity index (χ2n) is 6.66. The lowest BCUT2D eigenvalue weighted by atomic mass is 10.0. The van der Waals surface area contributed by atoms with Gasteiger partial charge in [0.1, 0.15) is 6.04 Å². The van der Waals surface area contributed by atoms with Gasteiger partial charge in [0, 0.05) is 23.5 Å². The van der Waals surface area contributed by atoms with Crippen molar-refractivity contribution in [1.29, 1.82) is 0 Å². The summed E-state index contributed by atoms with van der Waals surface area (Å²) >= 11 is 0. The molecule has 1 fully saturated rings. The van der Waals surface area contributed by atoms with Crippen LogP contribution < -0.4 is 11.1 Å². The fourth-order valence-electron chi connectivity index (χ4n) is 3.35. The van der Waals surface area contributed by atoms with Gasteiger partial charge in [-0.3, -0.25) is 9.59 Å². The predicted octanol–water partition coefficient (Wildman–Crippen LogP) is 3.11. The number of benzene rings is 2. The van der Waals surface area contributed by atoms with E-state index in [0.29, 0.717) is 35.5 Å². The molecule has 7 nitrogen and oxygen atoms in total. The number of methoxy groups -OCH3 is 1. The quantitative estimate of drug-likeness (QED) is 0.587. The molecule has 2 aromatic rings. The van der Waals surface area contributed by atoms with Crippen molar-refractivity contribution in [2.45, 2.75) is 25.3 Å². The predicted molar refractivity (Wildman–Crippen MR) is 113 cm³/mol. The van der Waals surface area contributed by atoms with Crippen molar-refractivity contribution in [2.75, 3.05) is 24.7 Å². The Balaban J connectivity index is 0.00000300. The molecule has 2 aromatic carbocycles. The molecular weight excluding hydrogens is 394 g/mol. The summed E-state index contributed by atoms with van der Waals surface area (Å²) in [7, 11) is 1.32. The lowest BCUT2D eigenvalue weighted by Gasteiger charge is -2.33. The van der Waals surface area contributed by atoms with Crippen LogP contribution in [0.3, 0.4) is 0 Å². The molecule has 1 saturated heterocycles. The van der Waals surface area contributed by atoms with Crippen LogP contribution in [-0.2, 0) is 9.53 Å².